The predicted molar refractivity (Wildman–Crippen MR) is 68.3 cm³/mol. The molecule has 0 amide bonds. The van der Waals surface area contributed by atoms with Gasteiger partial charge in [-0.25, -0.2) is 9.97 Å². The maximum absolute atomic E-state index is 11.8. The highest BCUT2D eigenvalue weighted by molar-refractivity contribution is 7.90. The van der Waals surface area contributed by atoms with Gasteiger partial charge in [0.1, 0.15) is 6.33 Å². The molecule has 0 unspecified atom stereocenters. The van der Waals surface area contributed by atoms with Gasteiger partial charge in [0.2, 0.25) is 0 Å². The van der Waals surface area contributed by atoms with Crippen LogP contribution in [0.15, 0.2) is 52.3 Å². The Morgan fingerprint density at radius 3 is 2.33 bits per heavy atom. The van der Waals surface area contributed by atoms with Crippen molar-refractivity contribution in [2.24, 2.45) is 4.40 Å². The van der Waals surface area contributed by atoms with E-state index in [1.807, 2.05) is 0 Å². The van der Waals surface area contributed by atoms with E-state index in [0.29, 0.717) is 10.6 Å². The van der Waals surface area contributed by atoms with Gasteiger partial charge in [0.05, 0.1) is 11.1 Å². The minimum absolute atomic E-state index is 0.0833. The summed E-state index contributed by atoms with van der Waals surface area (Å²) in [5, 5.41) is 0.467. The first-order valence-electron chi connectivity index (χ1n) is 4.89. The van der Waals surface area contributed by atoms with Crippen molar-refractivity contribution < 1.29 is 8.42 Å². The highest BCUT2D eigenvalue weighted by atomic mass is 35.5. The molecule has 1 aromatic carbocycles. The Hall–Kier alpha value is -1.79. The van der Waals surface area contributed by atoms with Crippen LogP contribution in [0.5, 0.6) is 0 Å². The molecule has 0 radical (unpaired) electrons. The first kappa shape index (κ1) is 12.7. The topological polar surface area (TPSA) is 72.3 Å². The molecule has 1 heterocycles. The van der Waals surface area contributed by atoms with Crippen LogP contribution in [0.4, 0.5) is 0 Å². The zero-order chi connectivity index (χ0) is 13.0. The number of aromatic nitrogens is 2. The largest absolute Gasteiger partial charge is 0.282 e. The fraction of sp³-hybridized carbons (Fsp3) is 0. The molecule has 0 atom stereocenters. The number of nitrogens with zero attached hydrogens (tertiary/aromatic N) is 3. The summed E-state index contributed by atoms with van der Waals surface area (Å²) < 4.78 is 27.2. The van der Waals surface area contributed by atoms with Crippen molar-refractivity contribution in [2.45, 2.75) is 4.90 Å². The van der Waals surface area contributed by atoms with Crippen molar-refractivity contribution in [1.82, 2.24) is 9.97 Å². The molecular weight excluding hydrogens is 274 g/mol. The number of halogens is 1. The van der Waals surface area contributed by atoms with E-state index in [4.69, 9.17) is 11.6 Å². The molecule has 2 aromatic rings. The normalized spacial score (nSPS) is 11.8. The van der Waals surface area contributed by atoms with E-state index in [-0.39, 0.29) is 4.90 Å². The predicted octanol–water partition coefficient (Wildman–Crippen LogP) is 1.94. The van der Waals surface area contributed by atoms with Crippen molar-refractivity contribution in [2.75, 3.05) is 0 Å². The van der Waals surface area contributed by atoms with E-state index < -0.39 is 10.0 Å². The average molecular weight is 282 g/mol. The zero-order valence-electron chi connectivity index (χ0n) is 9.06. The molecule has 0 spiro atoms. The van der Waals surface area contributed by atoms with Crippen LogP contribution in [0.25, 0.3) is 0 Å². The van der Waals surface area contributed by atoms with Crippen LogP contribution < -0.4 is 0 Å². The number of sulfonamides is 1. The summed E-state index contributed by atoms with van der Waals surface area (Å²) in [5.74, 6) is 0. The Balaban J connectivity index is 2.28. The molecule has 1 aromatic heterocycles. The first-order chi connectivity index (χ1) is 8.58. The lowest BCUT2D eigenvalue weighted by Crippen LogP contribution is -1.97. The van der Waals surface area contributed by atoms with Crippen LogP contribution in [0.1, 0.15) is 5.56 Å². The van der Waals surface area contributed by atoms with Crippen molar-refractivity contribution in [1.29, 1.82) is 0 Å². The van der Waals surface area contributed by atoms with Gasteiger partial charge in [-0.3, -0.25) is 0 Å². The molecule has 0 fully saturated rings. The Labute approximate surface area is 109 Å². The smallest absolute Gasteiger partial charge is 0.244 e. The van der Waals surface area contributed by atoms with Gasteiger partial charge in [0.15, 0.2) is 0 Å². The van der Waals surface area contributed by atoms with E-state index in [9.17, 15) is 8.42 Å². The fourth-order valence-electron chi connectivity index (χ4n) is 1.17. The van der Waals surface area contributed by atoms with E-state index in [1.54, 1.807) is 0 Å². The summed E-state index contributed by atoms with van der Waals surface area (Å²) in [6.07, 6.45) is 5.48. The number of hydrogen-bond acceptors (Lipinski definition) is 4. The van der Waals surface area contributed by atoms with Crippen LogP contribution >= 0.6 is 11.6 Å². The summed E-state index contributed by atoms with van der Waals surface area (Å²) in [6, 6.07) is 5.79. The molecule has 0 aliphatic heterocycles. The third kappa shape index (κ3) is 3.12. The third-order valence-corrected chi connectivity index (χ3v) is 3.54. The number of benzene rings is 1. The molecule has 0 saturated heterocycles. The standard InChI is InChI=1S/C11H8ClN3O2S/c12-10-1-3-11(4-2-10)18(16,17)15-7-9-5-13-8-14-6-9/h1-8H/b15-7+. The summed E-state index contributed by atoms with van der Waals surface area (Å²) in [4.78, 5) is 7.59. The highest BCUT2D eigenvalue weighted by Gasteiger charge is 2.10. The van der Waals surface area contributed by atoms with Crippen LogP contribution in [0.2, 0.25) is 5.02 Å². The molecule has 0 aliphatic rings. The Morgan fingerprint density at radius 2 is 1.72 bits per heavy atom. The fourth-order valence-corrected chi connectivity index (χ4v) is 2.16. The second kappa shape index (κ2) is 5.24. The van der Waals surface area contributed by atoms with E-state index >= 15 is 0 Å². The number of hydrogen-bond donors (Lipinski definition) is 0. The zero-order valence-corrected chi connectivity index (χ0v) is 10.6. The van der Waals surface area contributed by atoms with Gasteiger partial charge >= 0.3 is 0 Å². The molecule has 0 saturated carbocycles. The van der Waals surface area contributed by atoms with Gasteiger partial charge in [0, 0.05) is 23.0 Å². The van der Waals surface area contributed by atoms with Gasteiger partial charge in [0.25, 0.3) is 10.0 Å². The van der Waals surface area contributed by atoms with Gasteiger partial charge < -0.3 is 0 Å². The second-order valence-electron chi connectivity index (χ2n) is 3.34. The molecule has 0 aliphatic carbocycles. The monoisotopic (exact) mass is 281 g/mol. The molecule has 92 valence electrons. The summed E-state index contributed by atoms with van der Waals surface area (Å²) in [5.41, 5.74) is 0.509. The molecule has 2 rings (SSSR count). The highest BCUT2D eigenvalue weighted by Crippen LogP contribution is 2.15. The van der Waals surface area contributed by atoms with Gasteiger partial charge in [-0.2, -0.15) is 12.8 Å². The van der Waals surface area contributed by atoms with Crippen LogP contribution in [0, 0.1) is 0 Å². The van der Waals surface area contributed by atoms with Crippen LogP contribution in [-0.2, 0) is 10.0 Å². The summed E-state index contributed by atoms with van der Waals surface area (Å²) in [6.45, 7) is 0. The van der Waals surface area contributed by atoms with Gasteiger partial charge in [-0.05, 0) is 24.3 Å². The molecule has 0 bridgehead atoms. The second-order valence-corrected chi connectivity index (χ2v) is 5.40. The van der Waals surface area contributed by atoms with Crippen molar-refractivity contribution in [3.63, 3.8) is 0 Å². The summed E-state index contributed by atoms with van der Waals surface area (Å²) >= 11 is 5.68. The maximum atomic E-state index is 11.8. The lowest BCUT2D eigenvalue weighted by Gasteiger charge is -1.98. The van der Waals surface area contributed by atoms with Gasteiger partial charge in [-0.15, -0.1) is 0 Å². The van der Waals surface area contributed by atoms with E-state index in [2.05, 4.69) is 14.4 Å². The molecule has 7 heteroatoms. The molecule has 5 nitrogen and oxygen atoms in total. The molecule has 0 N–H and O–H groups in total. The maximum Gasteiger partial charge on any atom is 0.282 e. The van der Waals surface area contributed by atoms with Crippen molar-refractivity contribution in [3.05, 3.63) is 53.6 Å². The quantitative estimate of drug-likeness (QED) is 0.806. The molecule has 18 heavy (non-hydrogen) atoms. The van der Waals surface area contributed by atoms with Crippen molar-refractivity contribution in [3.8, 4) is 0 Å². The SMILES string of the molecule is O=S(=O)(/N=C/c1cncnc1)c1ccc(Cl)cc1. The number of rotatable bonds is 3. The minimum atomic E-state index is -3.72. The van der Waals surface area contributed by atoms with E-state index in [1.165, 1.54) is 49.2 Å². The summed E-state index contributed by atoms with van der Waals surface area (Å²) in [7, 11) is -3.72. The Kier molecular flexibility index (Phi) is 3.69. The molecular formula is C11H8ClN3O2S. The average Bonchev–Trinajstić information content (AvgIpc) is 2.38. The van der Waals surface area contributed by atoms with Crippen LogP contribution in [-0.4, -0.2) is 24.6 Å². The van der Waals surface area contributed by atoms with E-state index in [0.717, 1.165) is 0 Å². The Morgan fingerprint density at radius 1 is 1.11 bits per heavy atom. The first-order valence-corrected chi connectivity index (χ1v) is 6.71. The minimum Gasteiger partial charge on any atom is -0.244 e. The van der Waals surface area contributed by atoms with Gasteiger partial charge in [-0.1, -0.05) is 11.6 Å². The third-order valence-electron chi connectivity index (χ3n) is 2.03. The lowest BCUT2D eigenvalue weighted by atomic mass is 10.4. The van der Waals surface area contributed by atoms with Crippen LogP contribution in [0.3, 0.4) is 0 Å². The Bertz CT molecular complexity index is 654. The van der Waals surface area contributed by atoms with Crippen molar-refractivity contribution >= 4 is 27.8 Å². The lowest BCUT2D eigenvalue weighted by molar-refractivity contribution is 0.598.